The molecule has 0 saturated carbocycles. The van der Waals surface area contributed by atoms with Gasteiger partial charge in [-0.1, -0.05) is 34.6 Å². The Bertz CT molecular complexity index is 1360. The van der Waals surface area contributed by atoms with E-state index < -0.39 is 0 Å². The van der Waals surface area contributed by atoms with Crippen molar-refractivity contribution in [2.75, 3.05) is 0 Å². The second kappa shape index (κ2) is 8.04. The molecular weight excluding hydrogens is 472 g/mol. The molecule has 0 radical (unpaired) electrons. The molecule has 29 heavy (non-hydrogen) atoms. The van der Waals surface area contributed by atoms with E-state index in [1.165, 1.54) is 23.1 Å². The number of nitrogens with one attached hydrogen (secondary N) is 1. The zero-order chi connectivity index (χ0) is 20.7. The smallest absolute Gasteiger partial charge is 0.262 e. The highest BCUT2D eigenvalue weighted by Crippen LogP contribution is 2.27. The number of hydrogen-bond donors (Lipinski definition) is 1. The van der Waals surface area contributed by atoms with Gasteiger partial charge in [0.15, 0.2) is 5.16 Å². The first-order chi connectivity index (χ1) is 13.9. The van der Waals surface area contributed by atoms with Crippen molar-refractivity contribution in [3.63, 3.8) is 0 Å². The topological polar surface area (TPSA) is 80.6 Å². The monoisotopic (exact) mass is 490 g/mol. The highest BCUT2D eigenvalue weighted by atomic mass is 79.9. The highest BCUT2D eigenvalue weighted by Gasteiger charge is 2.15. The molecule has 4 rings (SSSR count). The molecule has 0 aliphatic carbocycles. The quantitative estimate of drug-likeness (QED) is 0.321. The largest absolute Gasteiger partial charge is 0.309 e. The Labute approximate surface area is 183 Å². The number of aromatic nitrogens is 4. The average molecular weight is 491 g/mol. The van der Waals surface area contributed by atoms with Crippen molar-refractivity contribution in [2.24, 2.45) is 0 Å². The molecule has 150 valence electrons. The van der Waals surface area contributed by atoms with Crippen LogP contribution in [0.15, 0.2) is 37.4 Å². The number of rotatable bonds is 5. The van der Waals surface area contributed by atoms with Gasteiger partial charge in [-0.05, 0) is 44.0 Å². The molecule has 1 N–H and O–H groups in total. The summed E-state index contributed by atoms with van der Waals surface area (Å²) in [4.78, 5) is 39.6. The maximum absolute atomic E-state index is 13.0. The number of nitrogens with zero attached hydrogens (tertiary/aromatic N) is 3. The zero-order valence-electron chi connectivity index (χ0n) is 16.2. The van der Waals surface area contributed by atoms with Crippen LogP contribution in [0.2, 0.25) is 0 Å². The third-order valence-electron chi connectivity index (χ3n) is 4.75. The van der Waals surface area contributed by atoms with E-state index in [0.717, 1.165) is 26.2 Å². The fourth-order valence-corrected chi connectivity index (χ4v) is 5.51. The van der Waals surface area contributed by atoms with Crippen molar-refractivity contribution >= 4 is 60.1 Å². The fourth-order valence-electron chi connectivity index (χ4n) is 3.20. The maximum atomic E-state index is 13.0. The van der Waals surface area contributed by atoms with Gasteiger partial charge < -0.3 is 4.98 Å². The lowest BCUT2D eigenvalue weighted by Gasteiger charge is -2.12. The molecule has 0 saturated heterocycles. The number of halogens is 1. The van der Waals surface area contributed by atoms with Gasteiger partial charge in [-0.2, -0.15) is 0 Å². The van der Waals surface area contributed by atoms with Crippen LogP contribution >= 0.6 is 39.0 Å². The number of aromatic amines is 1. The van der Waals surface area contributed by atoms with Crippen LogP contribution in [0.5, 0.6) is 0 Å². The third-order valence-corrected chi connectivity index (χ3v) is 7.34. The Morgan fingerprint density at radius 2 is 2.03 bits per heavy atom. The zero-order valence-corrected chi connectivity index (χ0v) is 19.4. The van der Waals surface area contributed by atoms with Gasteiger partial charge in [0, 0.05) is 15.9 Å². The predicted octanol–water partition coefficient (Wildman–Crippen LogP) is 4.78. The van der Waals surface area contributed by atoms with Gasteiger partial charge in [0.2, 0.25) is 0 Å². The second-order valence-electron chi connectivity index (χ2n) is 6.78. The lowest BCUT2D eigenvalue weighted by Crippen LogP contribution is -2.23. The number of hydrogen-bond acceptors (Lipinski definition) is 6. The van der Waals surface area contributed by atoms with Crippen molar-refractivity contribution in [2.45, 2.75) is 44.6 Å². The molecule has 0 bridgehead atoms. The molecular formula is C20H19BrN4O2S2. The number of aryl methyl sites for hydroxylation is 2. The molecule has 0 spiro atoms. The molecule has 0 unspecified atom stereocenters. The van der Waals surface area contributed by atoms with Gasteiger partial charge in [-0.25, -0.2) is 9.97 Å². The van der Waals surface area contributed by atoms with Crippen LogP contribution in [0.3, 0.4) is 0 Å². The van der Waals surface area contributed by atoms with E-state index >= 15 is 0 Å². The van der Waals surface area contributed by atoms with Gasteiger partial charge in [-0.3, -0.25) is 14.2 Å². The van der Waals surface area contributed by atoms with Crippen LogP contribution in [-0.2, 0) is 12.3 Å². The SMILES string of the molecule is CCCn1c(SCc2nc3sc(C)c(C)c3c(=O)[nH]2)nc2ccc(Br)cc2c1=O. The molecule has 1 aromatic carbocycles. The third kappa shape index (κ3) is 3.78. The van der Waals surface area contributed by atoms with E-state index in [2.05, 4.69) is 25.9 Å². The molecule has 3 aromatic heterocycles. The average Bonchev–Trinajstić information content (AvgIpc) is 2.97. The van der Waals surface area contributed by atoms with Crippen LogP contribution < -0.4 is 11.1 Å². The molecule has 6 nitrogen and oxygen atoms in total. The Balaban J connectivity index is 1.73. The first kappa shape index (κ1) is 20.3. The fraction of sp³-hybridized carbons (Fsp3) is 0.300. The van der Waals surface area contributed by atoms with Gasteiger partial charge >= 0.3 is 0 Å². The van der Waals surface area contributed by atoms with E-state index in [9.17, 15) is 9.59 Å². The van der Waals surface area contributed by atoms with E-state index in [1.54, 1.807) is 10.6 Å². The van der Waals surface area contributed by atoms with Crippen LogP contribution in [0, 0.1) is 13.8 Å². The van der Waals surface area contributed by atoms with Crippen molar-refractivity contribution in [1.29, 1.82) is 0 Å². The number of thiophene rings is 1. The summed E-state index contributed by atoms with van der Waals surface area (Å²) in [7, 11) is 0. The minimum atomic E-state index is -0.116. The summed E-state index contributed by atoms with van der Waals surface area (Å²) in [5.41, 5.74) is 1.48. The highest BCUT2D eigenvalue weighted by molar-refractivity contribution is 9.10. The first-order valence-corrected chi connectivity index (χ1v) is 11.8. The summed E-state index contributed by atoms with van der Waals surface area (Å²) in [5.74, 6) is 1.02. The van der Waals surface area contributed by atoms with Gasteiger partial charge in [0.25, 0.3) is 11.1 Å². The summed E-state index contributed by atoms with van der Waals surface area (Å²) in [6.45, 7) is 6.56. The standard InChI is InChI=1S/C20H19BrN4O2S2/c1-4-7-25-19(27)13-8-12(21)5-6-14(13)22-20(25)28-9-15-23-17(26)16-10(2)11(3)29-18(16)24-15/h5-6,8H,4,7,9H2,1-3H3,(H,23,24,26). The van der Waals surface area contributed by atoms with Crippen LogP contribution in [0.25, 0.3) is 21.1 Å². The van der Waals surface area contributed by atoms with Crippen molar-refractivity contribution in [3.8, 4) is 0 Å². The Morgan fingerprint density at radius 1 is 1.24 bits per heavy atom. The molecule has 0 amide bonds. The lowest BCUT2D eigenvalue weighted by atomic mass is 10.2. The maximum Gasteiger partial charge on any atom is 0.262 e. The lowest BCUT2D eigenvalue weighted by molar-refractivity contribution is 0.584. The van der Waals surface area contributed by atoms with Crippen LogP contribution in [0.1, 0.15) is 29.6 Å². The van der Waals surface area contributed by atoms with Crippen molar-refractivity contribution in [3.05, 3.63) is 59.6 Å². The first-order valence-electron chi connectivity index (χ1n) is 9.20. The second-order valence-corrected chi connectivity index (χ2v) is 9.84. The minimum absolute atomic E-state index is 0.0536. The molecule has 3 heterocycles. The van der Waals surface area contributed by atoms with Crippen molar-refractivity contribution in [1.82, 2.24) is 19.5 Å². The Morgan fingerprint density at radius 3 is 2.79 bits per heavy atom. The number of thioether (sulfide) groups is 1. The van der Waals surface area contributed by atoms with Gasteiger partial charge in [-0.15, -0.1) is 11.3 Å². The van der Waals surface area contributed by atoms with Crippen LogP contribution in [0.4, 0.5) is 0 Å². The number of H-pyrrole nitrogens is 1. The summed E-state index contributed by atoms with van der Waals surface area (Å²) < 4.78 is 2.55. The Kier molecular flexibility index (Phi) is 5.63. The predicted molar refractivity (Wildman–Crippen MR) is 123 cm³/mol. The normalized spacial score (nSPS) is 11.6. The molecule has 9 heteroatoms. The molecule has 4 aromatic rings. The summed E-state index contributed by atoms with van der Waals surface area (Å²) in [6, 6.07) is 5.52. The molecule has 0 aliphatic rings. The van der Waals surface area contributed by atoms with Gasteiger partial charge in [0.1, 0.15) is 10.7 Å². The summed E-state index contributed by atoms with van der Waals surface area (Å²) in [6.07, 6.45) is 0.823. The van der Waals surface area contributed by atoms with E-state index in [-0.39, 0.29) is 11.1 Å². The molecule has 0 atom stereocenters. The molecule has 0 aliphatic heterocycles. The van der Waals surface area contributed by atoms with E-state index in [4.69, 9.17) is 4.98 Å². The van der Waals surface area contributed by atoms with Crippen LogP contribution in [-0.4, -0.2) is 19.5 Å². The summed E-state index contributed by atoms with van der Waals surface area (Å²) in [5, 5.41) is 1.89. The van der Waals surface area contributed by atoms with Gasteiger partial charge in [0.05, 0.1) is 22.0 Å². The minimum Gasteiger partial charge on any atom is -0.309 e. The number of fused-ring (bicyclic) bond motifs is 2. The number of benzene rings is 1. The van der Waals surface area contributed by atoms with Crippen molar-refractivity contribution < 1.29 is 0 Å². The summed E-state index contributed by atoms with van der Waals surface area (Å²) >= 11 is 6.36. The van der Waals surface area contributed by atoms with E-state index in [0.29, 0.717) is 39.6 Å². The Hall–Kier alpha value is -1.97. The van der Waals surface area contributed by atoms with E-state index in [1.807, 2.05) is 32.9 Å². The molecule has 0 fully saturated rings.